The zero-order valence-electron chi connectivity index (χ0n) is 10.5. The van der Waals surface area contributed by atoms with Gasteiger partial charge in [0.1, 0.15) is 0 Å². The summed E-state index contributed by atoms with van der Waals surface area (Å²) >= 11 is 0. The molecular weight excluding hydrogens is 234 g/mol. The van der Waals surface area contributed by atoms with Crippen LogP contribution in [-0.2, 0) is 4.79 Å². The van der Waals surface area contributed by atoms with Crippen LogP contribution in [0.15, 0.2) is 0 Å². The van der Waals surface area contributed by atoms with Crippen molar-refractivity contribution in [3.8, 4) is 0 Å². The third-order valence-corrected chi connectivity index (χ3v) is 3.80. The van der Waals surface area contributed by atoms with Crippen LogP contribution in [0.3, 0.4) is 0 Å². The fraction of sp³-hybridized carbons (Fsp3) is 0.833. The molecule has 2 heterocycles. The fourth-order valence-corrected chi connectivity index (χ4v) is 2.92. The van der Waals surface area contributed by atoms with Crippen LogP contribution in [0.4, 0.5) is 4.79 Å². The first-order chi connectivity index (χ1) is 8.66. The van der Waals surface area contributed by atoms with E-state index in [0.29, 0.717) is 6.04 Å². The monoisotopic (exact) mass is 255 g/mol. The van der Waals surface area contributed by atoms with Gasteiger partial charge in [0.2, 0.25) is 0 Å². The third-order valence-electron chi connectivity index (χ3n) is 3.80. The van der Waals surface area contributed by atoms with E-state index in [1.807, 2.05) is 0 Å². The van der Waals surface area contributed by atoms with Gasteiger partial charge in [-0.1, -0.05) is 6.42 Å². The highest BCUT2D eigenvalue weighted by atomic mass is 16.4. The smallest absolute Gasteiger partial charge is 0.315 e. The Morgan fingerprint density at radius 1 is 1.22 bits per heavy atom. The molecule has 0 spiro atoms. The molecule has 2 fully saturated rings. The van der Waals surface area contributed by atoms with Gasteiger partial charge in [-0.25, -0.2) is 4.79 Å². The van der Waals surface area contributed by atoms with Crippen LogP contribution in [0, 0.1) is 0 Å². The lowest BCUT2D eigenvalue weighted by atomic mass is 9.99. The van der Waals surface area contributed by atoms with Gasteiger partial charge in [-0.05, 0) is 25.8 Å². The zero-order chi connectivity index (χ0) is 13.0. The molecule has 2 atom stereocenters. The maximum absolute atomic E-state index is 11.6. The molecule has 2 unspecified atom stereocenters. The Kier molecular flexibility index (Phi) is 4.41. The van der Waals surface area contributed by atoms with E-state index in [0.717, 1.165) is 25.9 Å². The summed E-state index contributed by atoms with van der Waals surface area (Å²) in [5, 5.41) is 14.0. The van der Waals surface area contributed by atoms with Crippen molar-refractivity contribution < 1.29 is 14.7 Å². The molecule has 0 aromatic heterocycles. The van der Waals surface area contributed by atoms with E-state index >= 15 is 0 Å². The third kappa shape index (κ3) is 3.35. The van der Waals surface area contributed by atoms with Crippen molar-refractivity contribution in [1.82, 2.24) is 15.5 Å². The van der Waals surface area contributed by atoms with Gasteiger partial charge in [-0.15, -0.1) is 0 Å². The summed E-state index contributed by atoms with van der Waals surface area (Å²) in [5.41, 5.74) is 0. The number of piperidine rings is 1. The number of aliphatic carboxylic acids is 1. The van der Waals surface area contributed by atoms with Crippen molar-refractivity contribution in [3.05, 3.63) is 0 Å². The molecule has 0 aliphatic carbocycles. The highest BCUT2D eigenvalue weighted by molar-refractivity contribution is 5.75. The minimum Gasteiger partial charge on any atom is -0.481 e. The van der Waals surface area contributed by atoms with Crippen LogP contribution in [-0.4, -0.2) is 53.7 Å². The highest BCUT2D eigenvalue weighted by Crippen LogP contribution is 2.26. The predicted molar refractivity (Wildman–Crippen MR) is 66.4 cm³/mol. The number of rotatable bonds is 4. The number of amides is 2. The predicted octanol–water partition coefficient (Wildman–Crippen LogP) is 0.387. The Morgan fingerprint density at radius 2 is 2.06 bits per heavy atom. The molecule has 0 saturated carbocycles. The average molecular weight is 255 g/mol. The van der Waals surface area contributed by atoms with Crippen LogP contribution < -0.4 is 10.6 Å². The van der Waals surface area contributed by atoms with E-state index in [1.54, 1.807) is 0 Å². The number of carbonyl (C=O) groups excluding carboxylic acids is 1. The molecule has 0 radical (unpaired) electrons. The van der Waals surface area contributed by atoms with Crippen molar-refractivity contribution in [2.75, 3.05) is 19.6 Å². The molecule has 3 N–H and O–H groups in total. The normalized spacial score (nSPS) is 27.6. The van der Waals surface area contributed by atoms with Crippen molar-refractivity contribution in [3.63, 3.8) is 0 Å². The molecule has 102 valence electrons. The van der Waals surface area contributed by atoms with Gasteiger partial charge >= 0.3 is 12.0 Å². The summed E-state index contributed by atoms with van der Waals surface area (Å²) in [6.45, 7) is 2.39. The topological polar surface area (TPSA) is 81.7 Å². The van der Waals surface area contributed by atoms with Crippen LogP contribution in [0.1, 0.15) is 32.1 Å². The van der Waals surface area contributed by atoms with Crippen molar-refractivity contribution in [1.29, 1.82) is 0 Å². The number of hydrogen-bond donors (Lipinski definition) is 3. The molecule has 0 bridgehead atoms. The summed E-state index contributed by atoms with van der Waals surface area (Å²) in [6, 6.07) is 0.452. The summed E-state index contributed by atoms with van der Waals surface area (Å²) in [7, 11) is 0. The van der Waals surface area contributed by atoms with E-state index in [2.05, 4.69) is 15.5 Å². The van der Waals surface area contributed by atoms with Crippen molar-refractivity contribution in [2.24, 2.45) is 0 Å². The first-order valence-electron chi connectivity index (χ1n) is 6.67. The molecular formula is C12H21N3O3. The lowest BCUT2D eigenvalue weighted by Crippen LogP contribution is -2.49. The summed E-state index contributed by atoms with van der Waals surface area (Å²) in [6.07, 6.45) is 4.61. The van der Waals surface area contributed by atoms with E-state index < -0.39 is 5.97 Å². The molecule has 6 heteroatoms. The van der Waals surface area contributed by atoms with Crippen LogP contribution in [0.5, 0.6) is 0 Å². The Hall–Kier alpha value is -1.30. The van der Waals surface area contributed by atoms with Gasteiger partial charge in [0, 0.05) is 25.2 Å². The highest BCUT2D eigenvalue weighted by Gasteiger charge is 2.36. The molecule has 2 aliphatic heterocycles. The molecule has 0 aromatic carbocycles. The summed E-state index contributed by atoms with van der Waals surface area (Å²) in [5.74, 6) is -0.894. The summed E-state index contributed by atoms with van der Waals surface area (Å²) in [4.78, 5) is 24.4. The van der Waals surface area contributed by atoms with Crippen LogP contribution >= 0.6 is 0 Å². The van der Waals surface area contributed by atoms with Gasteiger partial charge in [0.05, 0.1) is 6.42 Å². The van der Waals surface area contributed by atoms with Gasteiger partial charge in [0.15, 0.2) is 0 Å². The second-order valence-electron chi connectivity index (χ2n) is 5.04. The van der Waals surface area contributed by atoms with Gasteiger partial charge in [-0.2, -0.15) is 0 Å². The molecule has 0 aromatic rings. The molecule has 2 rings (SSSR count). The number of urea groups is 1. The first-order valence-corrected chi connectivity index (χ1v) is 6.67. The number of nitrogens with one attached hydrogen (secondary N) is 2. The maximum atomic E-state index is 11.6. The standard InChI is InChI=1S/C12H21N3O3/c16-11(17)4-6-13-12(18)14-9-5-8-15-7-2-1-3-10(9)15/h9-10H,1-8H2,(H,16,17)(H2,13,14,18). The van der Waals surface area contributed by atoms with E-state index in [-0.39, 0.29) is 25.0 Å². The number of nitrogens with zero attached hydrogens (tertiary/aromatic N) is 1. The average Bonchev–Trinajstić information content (AvgIpc) is 2.72. The number of carboxylic acid groups (broad SMARTS) is 1. The van der Waals surface area contributed by atoms with Gasteiger partial charge < -0.3 is 15.7 Å². The number of hydrogen-bond acceptors (Lipinski definition) is 3. The van der Waals surface area contributed by atoms with Crippen molar-refractivity contribution >= 4 is 12.0 Å². The van der Waals surface area contributed by atoms with Crippen LogP contribution in [0.25, 0.3) is 0 Å². The van der Waals surface area contributed by atoms with E-state index in [1.165, 1.54) is 12.8 Å². The maximum Gasteiger partial charge on any atom is 0.315 e. The Balaban J connectivity index is 1.72. The Bertz CT molecular complexity index is 322. The number of fused-ring (bicyclic) bond motifs is 1. The van der Waals surface area contributed by atoms with E-state index in [9.17, 15) is 9.59 Å². The molecule has 6 nitrogen and oxygen atoms in total. The van der Waals surface area contributed by atoms with E-state index in [4.69, 9.17) is 5.11 Å². The summed E-state index contributed by atoms with van der Waals surface area (Å²) < 4.78 is 0. The minimum absolute atomic E-state index is 0.0341. The minimum atomic E-state index is -0.894. The molecule has 2 saturated heterocycles. The molecule has 2 aliphatic rings. The largest absolute Gasteiger partial charge is 0.481 e. The quantitative estimate of drug-likeness (QED) is 0.678. The second-order valence-corrected chi connectivity index (χ2v) is 5.04. The molecule has 2 amide bonds. The fourth-order valence-electron chi connectivity index (χ4n) is 2.92. The lowest BCUT2D eigenvalue weighted by Gasteiger charge is -2.32. The Morgan fingerprint density at radius 3 is 2.83 bits per heavy atom. The van der Waals surface area contributed by atoms with Gasteiger partial charge in [-0.3, -0.25) is 9.69 Å². The van der Waals surface area contributed by atoms with Gasteiger partial charge in [0.25, 0.3) is 0 Å². The lowest BCUT2D eigenvalue weighted by molar-refractivity contribution is -0.136. The first kappa shape index (κ1) is 13.1. The SMILES string of the molecule is O=C(O)CCNC(=O)NC1CCN2CCCCC12. The number of carbonyl (C=O) groups is 2. The second kappa shape index (κ2) is 6.04. The molecule has 18 heavy (non-hydrogen) atoms. The number of carboxylic acids is 1. The van der Waals surface area contributed by atoms with Crippen LogP contribution in [0.2, 0.25) is 0 Å². The van der Waals surface area contributed by atoms with Crippen molar-refractivity contribution in [2.45, 2.75) is 44.2 Å². The Labute approximate surface area is 107 Å². The zero-order valence-corrected chi connectivity index (χ0v) is 10.5.